The highest BCUT2D eigenvalue weighted by atomic mass is 19.1. The van der Waals surface area contributed by atoms with Crippen molar-refractivity contribution in [2.45, 2.75) is 83.3 Å². The van der Waals surface area contributed by atoms with E-state index >= 15 is 0 Å². The fraction of sp³-hybridized carbons (Fsp3) is 0.567. The first-order valence-corrected chi connectivity index (χ1v) is 14.5. The van der Waals surface area contributed by atoms with Gasteiger partial charge < -0.3 is 40.6 Å². The number of amides is 4. The first kappa shape index (κ1) is 39.4. The number of carbonyl (C=O) groups is 7. The molecule has 46 heavy (non-hydrogen) atoms. The van der Waals surface area contributed by atoms with Gasteiger partial charge >= 0.3 is 18.0 Å². The molecule has 0 saturated carbocycles. The second kappa shape index (κ2) is 20.4. The van der Waals surface area contributed by atoms with Crippen molar-refractivity contribution >= 4 is 41.5 Å². The van der Waals surface area contributed by atoms with Gasteiger partial charge in [0.05, 0.1) is 26.7 Å². The highest BCUT2D eigenvalue weighted by molar-refractivity contribution is 5.97. The third-order valence-electron chi connectivity index (χ3n) is 6.52. The zero-order valence-electron chi connectivity index (χ0n) is 26.5. The lowest BCUT2D eigenvalue weighted by atomic mass is 10.0. The first-order valence-electron chi connectivity index (χ1n) is 14.5. The summed E-state index contributed by atoms with van der Waals surface area (Å²) in [4.78, 5) is 87.6. The molecule has 1 aromatic rings. The topological polar surface area (TPSA) is 216 Å². The van der Waals surface area contributed by atoms with Crippen molar-refractivity contribution in [1.29, 1.82) is 0 Å². The average Bonchev–Trinajstić information content (AvgIpc) is 3.02. The fourth-order valence-corrected chi connectivity index (χ4v) is 4.02. The van der Waals surface area contributed by atoms with Gasteiger partial charge in [-0.05, 0) is 31.2 Å². The smallest absolute Gasteiger partial charge is 0.408 e. The number of aliphatic hydroxyl groups is 1. The van der Waals surface area contributed by atoms with E-state index in [0.29, 0.717) is 5.56 Å². The van der Waals surface area contributed by atoms with Crippen LogP contribution in [0.5, 0.6) is 0 Å². The zero-order valence-corrected chi connectivity index (χ0v) is 26.5. The van der Waals surface area contributed by atoms with Crippen LogP contribution in [0.2, 0.25) is 0 Å². The lowest BCUT2D eigenvalue weighted by Gasteiger charge is -2.27. The molecule has 1 rings (SSSR count). The van der Waals surface area contributed by atoms with E-state index in [1.807, 2.05) is 0 Å². The average molecular weight is 655 g/mol. The molecule has 0 spiro atoms. The number of hydrogen-bond acceptors (Lipinski definition) is 11. The molecule has 0 radical (unpaired) electrons. The van der Waals surface area contributed by atoms with Crippen molar-refractivity contribution in [3.63, 3.8) is 0 Å². The van der Waals surface area contributed by atoms with Crippen LogP contribution in [0.3, 0.4) is 0 Å². The van der Waals surface area contributed by atoms with Crippen LogP contribution in [-0.2, 0) is 49.6 Å². The lowest BCUT2D eigenvalue weighted by Crippen LogP contribution is -2.60. The number of alkyl halides is 1. The molecule has 0 saturated heterocycles. The number of rotatable bonds is 19. The molecule has 15 nitrogen and oxygen atoms in total. The van der Waals surface area contributed by atoms with Crippen LogP contribution < -0.4 is 21.3 Å². The molecule has 0 aliphatic heterocycles. The van der Waals surface area contributed by atoms with Crippen LogP contribution in [0.15, 0.2) is 30.3 Å². The van der Waals surface area contributed by atoms with E-state index in [1.165, 1.54) is 0 Å². The summed E-state index contributed by atoms with van der Waals surface area (Å²) in [5.74, 6) is -5.85. The Morgan fingerprint density at radius 3 is 1.91 bits per heavy atom. The number of alkyl carbamates (subject to hydrolysis) is 1. The number of esters is 2. The largest absolute Gasteiger partial charge is 0.469 e. The Kier molecular flexibility index (Phi) is 17.5. The third-order valence-corrected chi connectivity index (χ3v) is 6.52. The van der Waals surface area contributed by atoms with Crippen LogP contribution in [0.4, 0.5) is 9.18 Å². The van der Waals surface area contributed by atoms with E-state index in [2.05, 4.69) is 30.7 Å². The van der Waals surface area contributed by atoms with Crippen molar-refractivity contribution in [3.8, 4) is 0 Å². The second-order valence-electron chi connectivity index (χ2n) is 10.7. The number of methoxy groups -OCH3 is 2. The highest BCUT2D eigenvalue weighted by Gasteiger charge is 2.34. The van der Waals surface area contributed by atoms with Gasteiger partial charge in [0.1, 0.15) is 37.4 Å². The maximum Gasteiger partial charge on any atom is 0.408 e. The van der Waals surface area contributed by atoms with Crippen molar-refractivity contribution < 1.29 is 57.3 Å². The summed E-state index contributed by atoms with van der Waals surface area (Å²) in [7, 11) is 2.15. The SMILES string of the molecule is COC(=O)CC[C@H](NC(=O)[C@H](CC(C)C)NC(=O)OCc1ccccc1)C(=O)N[C@H](C(=O)N[C@@H](CC(=O)OC)C(=O)CF)[C@@H](C)O. The molecule has 5 N–H and O–H groups in total. The van der Waals surface area contributed by atoms with Crippen LogP contribution >= 0.6 is 0 Å². The third kappa shape index (κ3) is 14.5. The molecule has 0 aliphatic rings. The lowest BCUT2D eigenvalue weighted by molar-refractivity contribution is -0.144. The summed E-state index contributed by atoms with van der Waals surface area (Å²) in [6.07, 6.45) is -3.68. The van der Waals surface area contributed by atoms with Crippen molar-refractivity contribution in [3.05, 3.63) is 35.9 Å². The molecule has 0 unspecified atom stereocenters. The van der Waals surface area contributed by atoms with Gasteiger partial charge in [-0.25, -0.2) is 9.18 Å². The normalized spacial score (nSPS) is 14.0. The Morgan fingerprint density at radius 1 is 0.783 bits per heavy atom. The van der Waals surface area contributed by atoms with Gasteiger partial charge in [-0.2, -0.15) is 0 Å². The number of ketones is 1. The van der Waals surface area contributed by atoms with Crippen molar-refractivity contribution in [2.75, 3.05) is 20.9 Å². The quantitative estimate of drug-likeness (QED) is 0.100. The van der Waals surface area contributed by atoms with E-state index in [9.17, 15) is 43.1 Å². The Labute approximate surface area is 266 Å². The van der Waals surface area contributed by atoms with E-state index in [1.54, 1.807) is 44.2 Å². The summed E-state index contributed by atoms with van der Waals surface area (Å²) < 4.78 is 27.4. The van der Waals surface area contributed by atoms with Gasteiger partial charge in [-0.1, -0.05) is 44.2 Å². The predicted molar refractivity (Wildman–Crippen MR) is 159 cm³/mol. The zero-order chi connectivity index (χ0) is 34.8. The van der Waals surface area contributed by atoms with Gasteiger partial charge in [0.2, 0.25) is 17.7 Å². The number of nitrogens with one attached hydrogen (secondary N) is 4. The monoisotopic (exact) mass is 654 g/mol. The fourth-order valence-electron chi connectivity index (χ4n) is 4.02. The van der Waals surface area contributed by atoms with Crippen molar-refractivity contribution in [2.24, 2.45) is 5.92 Å². The molecule has 0 fully saturated rings. The Balaban J connectivity index is 3.13. The van der Waals surface area contributed by atoms with Crippen molar-refractivity contribution in [1.82, 2.24) is 21.3 Å². The summed E-state index contributed by atoms with van der Waals surface area (Å²) in [6.45, 7) is 3.16. The van der Waals surface area contributed by atoms with E-state index < -0.39 is 84.9 Å². The first-order chi connectivity index (χ1) is 21.7. The van der Waals surface area contributed by atoms with Gasteiger partial charge in [0.25, 0.3) is 0 Å². The summed E-state index contributed by atoms with van der Waals surface area (Å²) in [6, 6.07) is 2.78. The molecule has 5 atom stereocenters. The van der Waals surface area contributed by atoms with Gasteiger partial charge in [0, 0.05) is 6.42 Å². The number of hydrogen-bond donors (Lipinski definition) is 5. The summed E-state index contributed by atoms with van der Waals surface area (Å²) in [5.41, 5.74) is 0.712. The van der Waals surface area contributed by atoms with E-state index in [0.717, 1.165) is 21.1 Å². The van der Waals surface area contributed by atoms with E-state index in [4.69, 9.17) is 4.74 Å². The summed E-state index contributed by atoms with van der Waals surface area (Å²) in [5, 5.41) is 19.6. The van der Waals surface area contributed by atoms with Gasteiger partial charge in [-0.3, -0.25) is 28.8 Å². The highest BCUT2D eigenvalue weighted by Crippen LogP contribution is 2.10. The Bertz CT molecular complexity index is 1200. The number of carbonyl (C=O) groups excluding carboxylic acids is 7. The van der Waals surface area contributed by atoms with E-state index in [-0.39, 0.29) is 31.8 Å². The van der Waals surface area contributed by atoms with Gasteiger partial charge in [-0.15, -0.1) is 0 Å². The summed E-state index contributed by atoms with van der Waals surface area (Å²) >= 11 is 0. The van der Waals surface area contributed by atoms with Crippen LogP contribution in [-0.4, -0.2) is 97.8 Å². The molecular weight excluding hydrogens is 611 g/mol. The Morgan fingerprint density at radius 2 is 1.37 bits per heavy atom. The predicted octanol–water partition coefficient (Wildman–Crippen LogP) is 0.218. The molecule has 4 amide bonds. The Hall–Kier alpha value is -4.60. The van der Waals surface area contributed by atoms with Crippen LogP contribution in [0.25, 0.3) is 0 Å². The number of aliphatic hydroxyl groups excluding tert-OH is 1. The minimum atomic E-state index is -1.74. The minimum Gasteiger partial charge on any atom is -0.469 e. The van der Waals surface area contributed by atoms with Gasteiger partial charge in [0.15, 0.2) is 5.78 Å². The number of ether oxygens (including phenoxy) is 3. The molecule has 0 bridgehead atoms. The number of benzene rings is 1. The second-order valence-corrected chi connectivity index (χ2v) is 10.7. The minimum absolute atomic E-state index is 0.0624. The standard InChI is InChI=1S/C30H43FN4O11/c1-17(2)13-22(34-30(43)46-16-19-9-7-6-8-10-19)28(41)32-20(11-12-24(38)44-4)27(40)35-26(18(3)36)29(42)33-21(23(37)15-31)14-25(39)45-5/h6-10,17-18,20-22,26,36H,11-16H2,1-5H3,(H,32,41)(H,33,42)(H,34,43)(H,35,40)/t18-,20+,21+,22+,26+/m1/s1. The van der Waals surface area contributed by atoms with Crippen LogP contribution in [0, 0.1) is 5.92 Å². The van der Waals surface area contributed by atoms with Crippen LogP contribution in [0.1, 0.15) is 52.0 Å². The molecule has 0 aromatic heterocycles. The molecule has 0 aliphatic carbocycles. The molecule has 1 aromatic carbocycles. The molecular formula is C30H43FN4O11. The molecule has 256 valence electrons. The number of halogens is 1. The number of Topliss-reactive ketones (excluding diaryl/α,β-unsaturated/α-hetero) is 1. The maximum atomic E-state index is 13.3. The molecule has 0 heterocycles. The molecule has 16 heteroatoms. The maximum absolute atomic E-state index is 13.3.